The molecule has 0 aliphatic rings. The van der Waals surface area contributed by atoms with Gasteiger partial charge in [0.05, 0.1) is 6.61 Å². The number of benzene rings is 1. The topological polar surface area (TPSA) is 107 Å². The lowest BCUT2D eigenvalue weighted by Gasteiger charge is -2.18. The van der Waals surface area contributed by atoms with Gasteiger partial charge in [0.15, 0.2) is 5.82 Å². The third-order valence-electron chi connectivity index (χ3n) is 5.39. The van der Waals surface area contributed by atoms with E-state index >= 15 is 0 Å². The summed E-state index contributed by atoms with van der Waals surface area (Å²) in [5.74, 6) is -1.59. The summed E-state index contributed by atoms with van der Waals surface area (Å²) < 4.78 is 7.04. The summed E-state index contributed by atoms with van der Waals surface area (Å²) in [4.78, 5) is 23.5. The Morgan fingerprint density at radius 2 is 1.73 bits per heavy atom. The second-order valence-corrected chi connectivity index (χ2v) is 8.95. The van der Waals surface area contributed by atoms with Crippen LogP contribution in [0.1, 0.15) is 88.4 Å². The maximum Gasteiger partial charge on any atom is 0.325 e. The van der Waals surface area contributed by atoms with Crippen molar-refractivity contribution in [3.63, 3.8) is 0 Å². The summed E-state index contributed by atoms with van der Waals surface area (Å²) in [6.45, 7) is 2.25. The Hall–Kier alpha value is -2.13. The van der Waals surface area contributed by atoms with Gasteiger partial charge < -0.3 is 9.84 Å². The number of aliphatic carboxylic acids is 1. The average Bonchev–Trinajstić information content (AvgIpc) is 3.20. The normalized spacial score (nSPS) is 12.0. The Morgan fingerprint density at radius 3 is 2.33 bits per heavy atom. The van der Waals surface area contributed by atoms with Crippen LogP contribution in [0, 0.1) is 0 Å². The lowest BCUT2D eigenvalue weighted by atomic mass is 9.98. The minimum absolute atomic E-state index is 0.0726. The van der Waals surface area contributed by atoms with E-state index in [1.165, 1.54) is 51.4 Å². The maximum absolute atomic E-state index is 12.4. The van der Waals surface area contributed by atoms with Gasteiger partial charge in [-0.05, 0) is 35.0 Å². The number of tetrazole rings is 1. The summed E-state index contributed by atoms with van der Waals surface area (Å²) in [6, 6.07) is 4.98. The molecule has 2 rings (SSSR count). The van der Waals surface area contributed by atoms with Crippen molar-refractivity contribution in [1.29, 1.82) is 0 Å². The summed E-state index contributed by atoms with van der Waals surface area (Å²) in [6.07, 6.45) is 12.2. The van der Waals surface area contributed by atoms with Gasteiger partial charge in [-0.2, -0.15) is 0 Å². The molecule has 8 nitrogen and oxygen atoms in total. The lowest BCUT2D eigenvalue weighted by Crippen LogP contribution is -2.20. The summed E-state index contributed by atoms with van der Waals surface area (Å²) in [5, 5.41) is 20.1. The van der Waals surface area contributed by atoms with Gasteiger partial charge in [-0.1, -0.05) is 76.3 Å². The fraction of sp³-hybridized carbons (Fsp3) is 0.609. The van der Waals surface area contributed by atoms with Crippen LogP contribution in [-0.2, 0) is 16.1 Å². The number of unbranched alkanes of at least 4 members (excludes halogenated alkanes) is 9. The molecule has 1 N–H and O–H groups in total. The van der Waals surface area contributed by atoms with Gasteiger partial charge >= 0.3 is 5.97 Å². The van der Waals surface area contributed by atoms with Crippen molar-refractivity contribution in [2.75, 3.05) is 6.61 Å². The Bertz CT molecular complexity index is 893. The zero-order valence-corrected chi connectivity index (χ0v) is 20.7. The molecule has 33 heavy (non-hydrogen) atoms. The van der Waals surface area contributed by atoms with Crippen LogP contribution >= 0.6 is 24.2 Å². The first-order valence-electron chi connectivity index (χ1n) is 11.6. The molecule has 1 unspecified atom stereocenters. The number of hydrogen-bond donors (Lipinski definition) is 2. The number of thiol groups is 1. The van der Waals surface area contributed by atoms with E-state index in [4.69, 9.17) is 21.4 Å². The standard InChI is InChI=1S/C23H33ClN4O4S/c1-2-3-4-5-6-7-8-9-10-11-14-32-19-13-12-17(24)15-18(19)21(23(31)33)22-25-26-27-28(22)16-20(29)30/h12-13,15,21H,2-11,14,16H2,1H3,(H,29,30)(H,31,33). The third-order valence-corrected chi connectivity index (χ3v) is 5.88. The summed E-state index contributed by atoms with van der Waals surface area (Å²) in [7, 11) is 0. The maximum atomic E-state index is 12.4. The van der Waals surface area contributed by atoms with Crippen molar-refractivity contribution in [2.24, 2.45) is 0 Å². The number of ether oxygens (including phenoxy) is 1. The number of aromatic nitrogens is 4. The van der Waals surface area contributed by atoms with Gasteiger partial charge in [-0.15, -0.1) is 17.7 Å². The Balaban J connectivity index is 1.94. The highest BCUT2D eigenvalue weighted by atomic mass is 35.5. The van der Waals surface area contributed by atoms with Crippen molar-refractivity contribution in [3.05, 3.63) is 34.6 Å². The van der Waals surface area contributed by atoms with E-state index in [2.05, 4.69) is 35.1 Å². The molecule has 1 aromatic carbocycles. The van der Waals surface area contributed by atoms with Crippen LogP contribution in [0.4, 0.5) is 0 Å². The van der Waals surface area contributed by atoms with Gasteiger partial charge in [-0.3, -0.25) is 9.59 Å². The molecule has 0 radical (unpaired) electrons. The van der Waals surface area contributed by atoms with Gasteiger partial charge in [0.1, 0.15) is 18.2 Å². The van der Waals surface area contributed by atoms with E-state index in [0.29, 0.717) is 22.9 Å². The highest BCUT2D eigenvalue weighted by Crippen LogP contribution is 2.35. The molecule has 10 heteroatoms. The van der Waals surface area contributed by atoms with Crippen LogP contribution in [-0.4, -0.2) is 43.0 Å². The zero-order chi connectivity index (χ0) is 24.1. The van der Waals surface area contributed by atoms with Gasteiger partial charge in [0.2, 0.25) is 5.12 Å². The number of carboxylic acids is 1. The van der Waals surface area contributed by atoms with E-state index in [1.54, 1.807) is 18.2 Å². The van der Waals surface area contributed by atoms with Gasteiger partial charge in [0.25, 0.3) is 0 Å². The molecule has 0 amide bonds. The first-order chi connectivity index (χ1) is 15.9. The fourth-order valence-corrected chi connectivity index (χ4v) is 4.12. The number of nitrogens with zero attached hydrogens (tertiary/aromatic N) is 4. The lowest BCUT2D eigenvalue weighted by molar-refractivity contribution is -0.138. The first kappa shape index (κ1) is 27.1. The molecule has 1 aromatic heterocycles. The van der Waals surface area contributed by atoms with Crippen molar-refractivity contribution in [2.45, 2.75) is 83.6 Å². The summed E-state index contributed by atoms with van der Waals surface area (Å²) in [5.41, 5.74) is 0.455. The molecule has 0 aliphatic carbocycles. The van der Waals surface area contributed by atoms with Crippen LogP contribution in [0.2, 0.25) is 5.02 Å². The molecule has 1 heterocycles. The van der Waals surface area contributed by atoms with Crippen LogP contribution in [0.15, 0.2) is 18.2 Å². The van der Waals surface area contributed by atoms with Crippen molar-refractivity contribution >= 4 is 35.3 Å². The Morgan fingerprint density at radius 1 is 1.09 bits per heavy atom. The third kappa shape index (κ3) is 9.33. The molecule has 0 spiro atoms. The molecule has 0 bridgehead atoms. The minimum atomic E-state index is -1.13. The number of halogens is 1. The SMILES string of the molecule is CCCCCCCCCCCCOc1ccc(Cl)cc1C(C(=O)S)c1nnnn1CC(=O)O. The van der Waals surface area contributed by atoms with E-state index in [9.17, 15) is 9.59 Å². The monoisotopic (exact) mass is 496 g/mol. The van der Waals surface area contributed by atoms with E-state index in [-0.39, 0.29) is 5.82 Å². The predicted octanol–water partition coefficient (Wildman–Crippen LogP) is 5.30. The molecule has 2 aromatic rings. The Labute approximate surface area is 205 Å². The van der Waals surface area contributed by atoms with Gasteiger partial charge in [0, 0.05) is 10.6 Å². The largest absolute Gasteiger partial charge is 0.493 e. The second-order valence-electron chi connectivity index (χ2n) is 8.07. The van der Waals surface area contributed by atoms with E-state index in [0.717, 1.165) is 17.5 Å². The molecule has 182 valence electrons. The highest BCUT2D eigenvalue weighted by Gasteiger charge is 2.30. The fourth-order valence-electron chi connectivity index (χ4n) is 3.69. The van der Waals surface area contributed by atoms with Crippen LogP contribution in [0.3, 0.4) is 0 Å². The van der Waals surface area contributed by atoms with E-state index in [1.807, 2.05) is 0 Å². The smallest absolute Gasteiger partial charge is 0.325 e. The number of carboxylic acid groups (broad SMARTS) is 1. The number of rotatable bonds is 17. The quantitative estimate of drug-likeness (QED) is 0.226. The molecule has 1 atom stereocenters. The molecule has 0 aliphatic heterocycles. The average molecular weight is 497 g/mol. The number of hydrogen-bond acceptors (Lipinski definition) is 6. The Kier molecular flexibility index (Phi) is 12.2. The highest BCUT2D eigenvalue weighted by molar-refractivity contribution is 7.96. The molecule has 0 saturated heterocycles. The predicted molar refractivity (Wildman–Crippen MR) is 130 cm³/mol. The summed E-state index contributed by atoms with van der Waals surface area (Å²) >= 11 is 10.2. The molecular weight excluding hydrogens is 464 g/mol. The molecule has 0 fully saturated rings. The van der Waals surface area contributed by atoms with Crippen molar-refractivity contribution < 1.29 is 19.4 Å². The zero-order valence-electron chi connectivity index (χ0n) is 19.1. The second kappa shape index (κ2) is 14.9. The van der Waals surface area contributed by atoms with Crippen LogP contribution in [0.25, 0.3) is 0 Å². The van der Waals surface area contributed by atoms with Crippen molar-refractivity contribution in [1.82, 2.24) is 20.2 Å². The van der Waals surface area contributed by atoms with E-state index < -0.39 is 23.5 Å². The van der Waals surface area contributed by atoms with Crippen LogP contribution < -0.4 is 4.74 Å². The van der Waals surface area contributed by atoms with Crippen molar-refractivity contribution in [3.8, 4) is 5.75 Å². The van der Waals surface area contributed by atoms with Gasteiger partial charge in [-0.25, -0.2) is 4.68 Å². The van der Waals surface area contributed by atoms with Crippen LogP contribution in [0.5, 0.6) is 5.75 Å². The number of carbonyl (C=O) groups is 2. The number of carbonyl (C=O) groups excluding carboxylic acids is 1. The molecule has 0 saturated carbocycles. The minimum Gasteiger partial charge on any atom is -0.493 e. The first-order valence-corrected chi connectivity index (χ1v) is 12.4. The molecular formula is C23H33ClN4O4S.